The lowest BCUT2D eigenvalue weighted by molar-refractivity contribution is 0.146. The second kappa shape index (κ2) is 7.25. The van der Waals surface area contributed by atoms with E-state index in [1.165, 1.54) is 0 Å². The van der Waals surface area contributed by atoms with Crippen molar-refractivity contribution in [3.63, 3.8) is 0 Å². The lowest BCUT2D eigenvalue weighted by atomic mass is 10.1. The minimum absolute atomic E-state index is 0.00762. The van der Waals surface area contributed by atoms with Crippen LogP contribution in [-0.2, 0) is 6.54 Å². The molecule has 0 aliphatic carbocycles. The maximum atomic E-state index is 14.0. The summed E-state index contributed by atoms with van der Waals surface area (Å²) in [6.07, 6.45) is -0.215. The van der Waals surface area contributed by atoms with Crippen molar-refractivity contribution >= 4 is 11.3 Å². The highest BCUT2D eigenvalue weighted by atomic mass is 32.1. The van der Waals surface area contributed by atoms with Crippen LogP contribution in [0.5, 0.6) is 0 Å². The number of thiazole rings is 1. The molecule has 0 N–H and O–H groups in total. The number of nitrogens with zero attached hydrogens (tertiary/aromatic N) is 5. The highest BCUT2D eigenvalue weighted by Crippen LogP contribution is 2.26. The summed E-state index contributed by atoms with van der Waals surface area (Å²) >= 11 is 1.64. The predicted octanol–water partition coefficient (Wildman–Crippen LogP) is 2.75. The van der Waals surface area contributed by atoms with Crippen molar-refractivity contribution in [1.82, 2.24) is 25.0 Å². The summed E-state index contributed by atoms with van der Waals surface area (Å²) in [5.41, 5.74) is 1.03. The molecule has 24 heavy (non-hydrogen) atoms. The van der Waals surface area contributed by atoms with Crippen molar-refractivity contribution in [1.29, 1.82) is 0 Å². The van der Waals surface area contributed by atoms with E-state index in [-0.39, 0.29) is 12.1 Å². The van der Waals surface area contributed by atoms with Gasteiger partial charge in [-0.05, 0) is 27.3 Å². The normalized spacial score (nSPS) is 23.2. The number of aromatic nitrogens is 3. The van der Waals surface area contributed by atoms with Crippen molar-refractivity contribution < 1.29 is 8.81 Å². The van der Waals surface area contributed by atoms with Gasteiger partial charge in [-0.2, -0.15) is 0 Å². The summed E-state index contributed by atoms with van der Waals surface area (Å²) in [5.74, 6) is 1.17. The summed E-state index contributed by atoms with van der Waals surface area (Å²) < 4.78 is 19.5. The summed E-state index contributed by atoms with van der Waals surface area (Å²) in [7, 11) is 2.01. The smallest absolute Gasteiger partial charge is 0.233 e. The quantitative estimate of drug-likeness (QED) is 0.796. The lowest BCUT2D eigenvalue weighted by Crippen LogP contribution is -2.39. The summed E-state index contributed by atoms with van der Waals surface area (Å²) in [4.78, 5) is 8.85. The van der Waals surface area contributed by atoms with Crippen LogP contribution in [0, 0.1) is 13.8 Å². The fourth-order valence-electron chi connectivity index (χ4n) is 3.15. The number of likely N-dealkylation sites (N-methyl/N-ethyl adjacent to an activating group) is 1. The maximum absolute atomic E-state index is 14.0. The van der Waals surface area contributed by atoms with Crippen molar-refractivity contribution in [2.45, 2.75) is 52.0 Å². The van der Waals surface area contributed by atoms with E-state index in [9.17, 15) is 4.39 Å². The molecule has 0 unspecified atom stereocenters. The molecule has 0 bridgehead atoms. The molecule has 2 aromatic rings. The molecule has 1 aliphatic heterocycles. The van der Waals surface area contributed by atoms with Gasteiger partial charge < -0.3 is 4.42 Å². The van der Waals surface area contributed by atoms with Crippen LogP contribution >= 0.6 is 11.3 Å². The molecular weight excluding hydrogens is 329 g/mol. The number of rotatable bonds is 6. The van der Waals surface area contributed by atoms with Crippen molar-refractivity contribution in [2.24, 2.45) is 0 Å². The zero-order chi connectivity index (χ0) is 17.3. The summed E-state index contributed by atoms with van der Waals surface area (Å²) in [5, 5.41) is 11.1. The molecule has 132 valence electrons. The van der Waals surface area contributed by atoms with Gasteiger partial charge in [0.1, 0.15) is 6.17 Å². The van der Waals surface area contributed by atoms with E-state index in [0.29, 0.717) is 31.3 Å². The van der Waals surface area contributed by atoms with Gasteiger partial charge in [0.2, 0.25) is 11.8 Å². The highest BCUT2D eigenvalue weighted by molar-refractivity contribution is 7.09. The molecule has 2 aromatic heterocycles. The Labute approximate surface area is 145 Å². The Balaban J connectivity index is 1.63. The molecule has 0 amide bonds. The molecule has 3 heterocycles. The highest BCUT2D eigenvalue weighted by Gasteiger charge is 2.34. The van der Waals surface area contributed by atoms with Gasteiger partial charge in [-0.3, -0.25) is 9.80 Å². The van der Waals surface area contributed by atoms with Gasteiger partial charge in [0.05, 0.1) is 16.7 Å². The van der Waals surface area contributed by atoms with Gasteiger partial charge in [-0.15, -0.1) is 21.5 Å². The monoisotopic (exact) mass is 353 g/mol. The van der Waals surface area contributed by atoms with Crippen molar-refractivity contribution in [3.05, 3.63) is 27.9 Å². The van der Waals surface area contributed by atoms with Gasteiger partial charge in [-0.25, -0.2) is 9.37 Å². The lowest BCUT2D eigenvalue weighted by Gasteiger charge is -2.30. The topological polar surface area (TPSA) is 58.3 Å². The fourth-order valence-corrected chi connectivity index (χ4v) is 3.76. The molecule has 0 radical (unpaired) electrons. The molecule has 1 saturated heterocycles. The second-order valence-corrected chi connectivity index (χ2v) is 7.61. The van der Waals surface area contributed by atoms with Gasteiger partial charge in [-0.1, -0.05) is 0 Å². The van der Waals surface area contributed by atoms with Gasteiger partial charge in [0.25, 0.3) is 0 Å². The Hall–Kier alpha value is -1.38. The molecular formula is C16H24FN5OS. The van der Waals surface area contributed by atoms with Crippen LogP contribution < -0.4 is 0 Å². The van der Waals surface area contributed by atoms with E-state index >= 15 is 0 Å². The molecule has 8 heteroatoms. The summed E-state index contributed by atoms with van der Waals surface area (Å²) in [6.45, 7) is 7.75. The zero-order valence-electron chi connectivity index (χ0n) is 14.6. The first-order valence-electron chi connectivity index (χ1n) is 8.21. The van der Waals surface area contributed by atoms with Crippen molar-refractivity contribution in [2.75, 3.05) is 20.1 Å². The van der Waals surface area contributed by atoms with E-state index in [2.05, 4.69) is 30.4 Å². The number of likely N-dealkylation sites (tertiary alicyclic amines) is 1. The number of alkyl halides is 1. The Kier molecular flexibility index (Phi) is 5.27. The molecule has 1 fully saturated rings. The van der Waals surface area contributed by atoms with Crippen LogP contribution in [0.4, 0.5) is 4.39 Å². The first-order valence-corrected chi connectivity index (χ1v) is 9.09. The largest absolute Gasteiger partial charge is 0.424 e. The minimum Gasteiger partial charge on any atom is -0.424 e. The third-order valence-electron chi connectivity index (χ3n) is 4.57. The van der Waals surface area contributed by atoms with Crippen LogP contribution in [0.1, 0.15) is 41.9 Å². The van der Waals surface area contributed by atoms with Gasteiger partial charge in [0.15, 0.2) is 0 Å². The standard InChI is InChI=1S/C16H24FN5OS/c1-10(16-20-19-11(2)23-16)21(4)8-15-5-13(17)6-22(15)7-14-9-24-12(3)18-14/h9-10,13,15H,5-8H2,1-4H3/t10-,13-,15-/m0/s1. The SMILES string of the molecule is Cc1nnc([C@H](C)N(C)C[C@@H]2C[C@H](F)CN2Cc2csc(C)n2)o1. The molecule has 3 rings (SSSR count). The van der Waals surface area contributed by atoms with Gasteiger partial charge in [0, 0.05) is 38.0 Å². The zero-order valence-corrected chi connectivity index (χ0v) is 15.4. The van der Waals surface area contributed by atoms with Crippen LogP contribution in [0.25, 0.3) is 0 Å². The van der Waals surface area contributed by atoms with E-state index < -0.39 is 6.17 Å². The van der Waals surface area contributed by atoms with E-state index in [4.69, 9.17) is 4.42 Å². The maximum Gasteiger partial charge on any atom is 0.233 e. The van der Waals surface area contributed by atoms with Crippen LogP contribution in [0.3, 0.4) is 0 Å². The Morgan fingerprint density at radius 2 is 2.25 bits per heavy atom. The molecule has 0 saturated carbocycles. The third kappa shape index (κ3) is 3.99. The Morgan fingerprint density at radius 1 is 1.46 bits per heavy atom. The number of hydrogen-bond donors (Lipinski definition) is 0. The molecule has 0 spiro atoms. The predicted molar refractivity (Wildman–Crippen MR) is 90.6 cm³/mol. The average molecular weight is 353 g/mol. The number of halogens is 1. The fraction of sp³-hybridized carbons (Fsp3) is 0.688. The van der Waals surface area contributed by atoms with Crippen molar-refractivity contribution in [3.8, 4) is 0 Å². The second-order valence-electron chi connectivity index (χ2n) is 6.55. The minimum atomic E-state index is -0.774. The van der Waals surface area contributed by atoms with E-state index in [1.807, 2.05) is 20.9 Å². The summed E-state index contributed by atoms with van der Waals surface area (Å²) in [6, 6.07) is 0.173. The molecule has 6 nitrogen and oxygen atoms in total. The Bertz CT molecular complexity index is 675. The molecule has 3 atom stereocenters. The molecule has 1 aliphatic rings. The Morgan fingerprint density at radius 3 is 2.88 bits per heavy atom. The number of hydrogen-bond acceptors (Lipinski definition) is 7. The first-order chi connectivity index (χ1) is 11.4. The molecule has 0 aromatic carbocycles. The van der Waals surface area contributed by atoms with E-state index in [1.54, 1.807) is 18.3 Å². The van der Waals surface area contributed by atoms with E-state index in [0.717, 1.165) is 17.2 Å². The van der Waals surface area contributed by atoms with Crippen LogP contribution in [0.15, 0.2) is 9.80 Å². The van der Waals surface area contributed by atoms with Crippen LogP contribution in [-0.4, -0.2) is 57.3 Å². The van der Waals surface area contributed by atoms with Crippen LogP contribution in [0.2, 0.25) is 0 Å². The number of aryl methyl sites for hydroxylation is 2. The average Bonchev–Trinajstić information content (AvgIpc) is 3.21. The van der Waals surface area contributed by atoms with Gasteiger partial charge >= 0.3 is 0 Å². The third-order valence-corrected chi connectivity index (χ3v) is 5.39. The first kappa shape index (κ1) is 17.4.